The number of sulfone groups is 1. The highest BCUT2D eigenvalue weighted by molar-refractivity contribution is 7.91. The number of rotatable bonds is 5. The van der Waals surface area contributed by atoms with Crippen molar-refractivity contribution in [3.05, 3.63) is 35.0 Å². The molecule has 1 aromatic carbocycles. The van der Waals surface area contributed by atoms with Gasteiger partial charge in [-0.05, 0) is 49.8 Å². The van der Waals surface area contributed by atoms with Gasteiger partial charge in [-0.2, -0.15) is 13.2 Å². The summed E-state index contributed by atoms with van der Waals surface area (Å²) >= 11 is 0.988. The summed E-state index contributed by atoms with van der Waals surface area (Å²) in [5.41, 5.74) is 5.48. The van der Waals surface area contributed by atoms with Gasteiger partial charge in [-0.1, -0.05) is 12.1 Å². The molecule has 0 bridgehead atoms. The van der Waals surface area contributed by atoms with Gasteiger partial charge in [-0.15, -0.1) is 11.3 Å². The second-order valence-electron chi connectivity index (χ2n) is 10.0. The highest BCUT2D eigenvalue weighted by Gasteiger charge is 2.66. The molecule has 2 aliphatic carbocycles. The van der Waals surface area contributed by atoms with Gasteiger partial charge in [0.1, 0.15) is 16.6 Å². The molecule has 2 N–H and O–H groups in total. The molecule has 0 radical (unpaired) electrons. The normalized spacial score (nSPS) is 27.6. The maximum atomic E-state index is 14.1. The summed E-state index contributed by atoms with van der Waals surface area (Å²) in [4.78, 5) is 19.2. The third-order valence-electron chi connectivity index (χ3n) is 7.70. The summed E-state index contributed by atoms with van der Waals surface area (Å²) in [6.07, 6.45) is -5.26. The van der Waals surface area contributed by atoms with Crippen LogP contribution in [0.3, 0.4) is 0 Å². The van der Waals surface area contributed by atoms with Crippen molar-refractivity contribution in [2.24, 2.45) is 11.7 Å². The first-order chi connectivity index (χ1) is 16.9. The Hall–Kier alpha value is -2.21. The molecule has 1 aliphatic heterocycles. The number of aromatic nitrogens is 1. The van der Waals surface area contributed by atoms with Gasteiger partial charge in [0, 0.05) is 30.6 Å². The number of carbonyl (C=O) groups is 1. The lowest BCUT2D eigenvalue weighted by Gasteiger charge is -2.31. The predicted molar refractivity (Wildman–Crippen MR) is 130 cm³/mol. The molecule has 3 aliphatic rings. The number of hydrogen-bond acceptors (Lipinski definition) is 6. The van der Waals surface area contributed by atoms with E-state index < -0.39 is 45.3 Å². The Labute approximate surface area is 210 Å². The van der Waals surface area contributed by atoms with Crippen molar-refractivity contribution < 1.29 is 30.8 Å². The van der Waals surface area contributed by atoms with Crippen LogP contribution in [-0.2, 0) is 20.0 Å². The number of nitrogens with zero attached hydrogens (tertiary/aromatic N) is 2. The first-order valence-corrected chi connectivity index (χ1v) is 14.6. The summed E-state index contributed by atoms with van der Waals surface area (Å²) < 4.78 is 79.4. The summed E-state index contributed by atoms with van der Waals surface area (Å²) in [5, 5.41) is -0.0177. The van der Waals surface area contributed by atoms with Crippen LogP contribution < -0.4 is 10.6 Å². The molecule has 2 aromatic rings. The fraction of sp³-hybridized carbons (Fsp3) is 0.583. The Morgan fingerprint density at radius 3 is 2.31 bits per heavy atom. The second-order valence-corrected chi connectivity index (χ2v) is 13.3. The van der Waals surface area contributed by atoms with Crippen molar-refractivity contribution >= 4 is 32.8 Å². The largest absolute Gasteiger partial charge is 0.400 e. The van der Waals surface area contributed by atoms with Crippen LogP contribution >= 0.6 is 11.3 Å². The zero-order valence-electron chi connectivity index (χ0n) is 19.4. The minimum atomic E-state index is -4.43. The maximum Gasteiger partial charge on any atom is 0.400 e. The average molecular weight is 546 g/mol. The lowest BCUT2D eigenvalue weighted by molar-refractivity contribution is -0.160. The van der Waals surface area contributed by atoms with Crippen LogP contribution in [0.15, 0.2) is 24.3 Å². The number of thiazole rings is 1. The van der Waals surface area contributed by atoms with Crippen LogP contribution in [0, 0.1) is 5.92 Å². The molecule has 0 spiro atoms. The van der Waals surface area contributed by atoms with Gasteiger partial charge in [0.05, 0.1) is 22.1 Å². The van der Waals surface area contributed by atoms with Crippen LogP contribution in [-0.4, -0.2) is 56.3 Å². The number of anilines is 1. The molecule has 0 unspecified atom stereocenters. The highest BCUT2D eigenvalue weighted by atomic mass is 32.2. The van der Waals surface area contributed by atoms with Gasteiger partial charge in [-0.3, -0.25) is 4.79 Å². The molecule has 2 heterocycles. The van der Waals surface area contributed by atoms with Crippen molar-refractivity contribution in [2.45, 2.75) is 55.8 Å². The van der Waals surface area contributed by atoms with Crippen molar-refractivity contribution in [3.8, 4) is 10.4 Å². The molecule has 36 heavy (non-hydrogen) atoms. The van der Waals surface area contributed by atoms with Crippen LogP contribution in [0.4, 0.5) is 23.2 Å². The minimum Gasteiger partial charge on any atom is -0.369 e. The predicted octanol–water partition coefficient (Wildman–Crippen LogP) is 4.35. The number of hydrogen-bond donors (Lipinski definition) is 1. The summed E-state index contributed by atoms with van der Waals surface area (Å²) in [5.74, 6) is -1.91. The Bertz CT molecular complexity index is 1240. The van der Waals surface area contributed by atoms with Crippen LogP contribution in [0.1, 0.15) is 48.7 Å². The van der Waals surface area contributed by atoms with Crippen molar-refractivity contribution in [3.63, 3.8) is 0 Å². The number of benzene rings is 1. The van der Waals surface area contributed by atoms with Crippen LogP contribution in [0.2, 0.25) is 0 Å². The fourth-order valence-electron chi connectivity index (χ4n) is 5.29. The molecule has 1 aromatic heterocycles. The van der Waals surface area contributed by atoms with E-state index >= 15 is 0 Å². The Morgan fingerprint density at radius 1 is 1.11 bits per heavy atom. The number of alkyl halides is 4. The van der Waals surface area contributed by atoms with Crippen molar-refractivity contribution in [1.29, 1.82) is 0 Å². The molecule has 12 heteroatoms. The fourth-order valence-corrected chi connectivity index (χ4v) is 7.90. The average Bonchev–Trinajstić information content (AvgIpc) is 3.53. The number of amides is 1. The molecule has 5 rings (SSSR count). The molecule has 1 saturated heterocycles. The monoisotopic (exact) mass is 545 g/mol. The second kappa shape index (κ2) is 8.97. The van der Waals surface area contributed by atoms with E-state index in [1.165, 1.54) is 0 Å². The zero-order valence-corrected chi connectivity index (χ0v) is 21.1. The zero-order chi connectivity index (χ0) is 25.9. The lowest BCUT2D eigenvalue weighted by atomic mass is 9.75. The van der Waals surface area contributed by atoms with Gasteiger partial charge >= 0.3 is 6.18 Å². The van der Waals surface area contributed by atoms with Gasteiger partial charge in [-0.25, -0.2) is 17.8 Å². The summed E-state index contributed by atoms with van der Waals surface area (Å²) in [6.45, 7) is 0.747. The van der Waals surface area contributed by atoms with Crippen LogP contribution in [0.25, 0.3) is 10.4 Å². The molecular formula is C24H27F4N3O3S2. The van der Waals surface area contributed by atoms with Gasteiger partial charge < -0.3 is 10.6 Å². The third-order valence-corrected chi connectivity index (χ3v) is 10.6. The summed E-state index contributed by atoms with van der Waals surface area (Å²) in [6, 6.07) is 7.20. The number of halogens is 4. The molecular weight excluding hydrogens is 518 g/mol. The Morgan fingerprint density at radius 2 is 1.75 bits per heavy atom. The van der Waals surface area contributed by atoms with E-state index in [1.807, 2.05) is 17.0 Å². The third kappa shape index (κ3) is 4.62. The van der Waals surface area contributed by atoms with Crippen LogP contribution in [0.5, 0.6) is 0 Å². The number of nitrogens with two attached hydrogens (primary N) is 1. The molecule has 1 amide bonds. The molecule has 6 nitrogen and oxygen atoms in total. The molecule has 196 valence electrons. The van der Waals surface area contributed by atoms with E-state index in [-0.39, 0.29) is 48.6 Å². The molecule has 2 saturated carbocycles. The number of carbonyl (C=O) groups excluding carboxylic acids is 1. The van der Waals surface area contributed by atoms with E-state index in [2.05, 4.69) is 4.98 Å². The van der Waals surface area contributed by atoms with E-state index in [1.54, 1.807) is 12.1 Å². The number of primary amides is 1. The maximum absolute atomic E-state index is 14.1. The van der Waals surface area contributed by atoms with Crippen molar-refractivity contribution in [1.82, 2.24) is 4.98 Å². The topological polar surface area (TPSA) is 93.4 Å². The van der Waals surface area contributed by atoms with Gasteiger partial charge in [0.25, 0.3) is 0 Å². The van der Waals surface area contributed by atoms with E-state index in [0.717, 1.165) is 17.0 Å². The quantitative estimate of drug-likeness (QED) is 0.564. The van der Waals surface area contributed by atoms with E-state index in [4.69, 9.17) is 5.73 Å². The minimum absolute atomic E-state index is 0.0177. The van der Waals surface area contributed by atoms with Crippen molar-refractivity contribution in [2.75, 3.05) is 29.5 Å². The molecule has 3 atom stereocenters. The summed E-state index contributed by atoms with van der Waals surface area (Å²) in [7, 11) is -3.03. The smallest absolute Gasteiger partial charge is 0.369 e. The SMILES string of the molecule is NC(=O)[C@@H]1C[C@@H](F)CC[C@H]1c1nc(C2(C(F)(F)F)CC2)sc1-c1ccc(N2CCS(=O)(=O)CC2)cc1. The Balaban J connectivity index is 1.52. The molecule has 3 fully saturated rings. The lowest BCUT2D eigenvalue weighted by Crippen LogP contribution is -2.40. The first-order valence-electron chi connectivity index (χ1n) is 12.0. The highest BCUT2D eigenvalue weighted by Crippen LogP contribution is 2.61. The van der Waals surface area contributed by atoms with E-state index in [9.17, 15) is 30.8 Å². The Kier molecular flexibility index (Phi) is 6.34. The first kappa shape index (κ1) is 25.4. The van der Waals surface area contributed by atoms with Gasteiger partial charge in [0.2, 0.25) is 5.91 Å². The van der Waals surface area contributed by atoms with Gasteiger partial charge in [0.15, 0.2) is 9.84 Å². The standard InChI is InChI=1S/C24H27F4N3O3S2/c25-15-3-6-17(18(13-15)21(29)32)19-20(35-22(30-19)23(7-8-23)24(26,27)28)14-1-4-16(5-2-14)31-9-11-36(33,34)12-10-31/h1-2,4-5,15,17-18H,3,6-13H2,(H2,29,32)/t15-,17+,18+/m0/s1. The van der Waals surface area contributed by atoms with E-state index in [0.29, 0.717) is 29.2 Å².